The lowest BCUT2D eigenvalue weighted by Gasteiger charge is -2.10. The van der Waals surface area contributed by atoms with Crippen LogP contribution in [-0.2, 0) is 23.0 Å². The zero-order chi connectivity index (χ0) is 26.2. The standard InChI is InChI=1S/C27H24N6O3S/c1-16-8-21-10-18(12-24(37(29,35)36)25(21)32-14-16)11-22-13-20(5-6-30-22)27(34)33-15-17-2-3-23-19(9-17)4-7-31-26(23)28/h2-10,12-14H,11,15H2,1H3,(H2,28,31)(H,33,34)(H2,29,35,36). The molecule has 0 saturated heterocycles. The van der Waals surface area contributed by atoms with Crippen molar-refractivity contribution >= 4 is 43.4 Å². The molecule has 37 heavy (non-hydrogen) atoms. The van der Waals surface area contributed by atoms with Crippen LogP contribution in [0.2, 0.25) is 0 Å². The van der Waals surface area contributed by atoms with E-state index in [2.05, 4.69) is 20.3 Å². The van der Waals surface area contributed by atoms with Gasteiger partial charge in [0.15, 0.2) is 0 Å². The van der Waals surface area contributed by atoms with E-state index in [1.165, 1.54) is 6.07 Å². The molecule has 0 aliphatic heterocycles. The van der Waals surface area contributed by atoms with Crippen LogP contribution < -0.4 is 16.2 Å². The van der Waals surface area contributed by atoms with Gasteiger partial charge in [-0.2, -0.15) is 0 Å². The van der Waals surface area contributed by atoms with Crippen molar-refractivity contribution in [3.8, 4) is 0 Å². The van der Waals surface area contributed by atoms with Crippen molar-refractivity contribution in [2.24, 2.45) is 5.14 Å². The number of aromatic nitrogens is 3. The Kier molecular flexibility index (Phi) is 6.28. The van der Waals surface area contributed by atoms with Gasteiger partial charge in [0.25, 0.3) is 5.91 Å². The third-order valence-corrected chi connectivity index (χ3v) is 6.95. The number of nitrogen functional groups attached to an aromatic ring is 1. The molecule has 5 aromatic rings. The average Bonchev–Trinajstić information content (AvgIpc) is 2.86. The number of nitrogens with two attached hydrogens (primary N) is 2. The van der Waals surface area contributed by atoms with Crippen molar-refractivity contribution in [2.45, 2.75) is 24.8 Å². The molecule has 0 bridgehead atoms. The monoisotopic (exact) mass is 512 g/mol. The van der Waals surface area contributed by atoms with Gasteiger partial charge in [0, 0.05) is 53.6 Å². The maximum Gasteiger partial charge on any atom is 0.251 e. The number of carbonyl (C=O) groups excluding carboxylic acids is 1. The number of aryl methyl sites for hydroxylation is 1. The van der Waals surface area contributed by atoms with Crippen molar-refractivity contribution < 1.29 is 13.2 Å². The summed E-state index contributed by atoms with van der Waals surface area (Å²) in [7, 11) is -3.99. The summed E-state index contributed by atoms with van der Waals surface area (Å²) in [6.07, 6.45) is 5.12. The van der Waals surface area contributed by atoms with Crippen molar-refractivity contribution in [2.75, 3.05) is 5.73 Å². The van der Waals surface area contributed by atoms with Gasteiger partial charge in [-0.05, 0) is 71.5 Å². The van der Waals surface area contributed by atoms with E-state index in [0.717, 1.165) is 21.9 Å². The molecule has 0 aliphatic rings. The second-order valence-electron chi connectivity index (χ2n) is 8.87. The lowest BCUT2D eigenvalue weighted by atomic mass is 10.0. The zero-order valence-corrected chi connectivity index (χ0v) is 20.8. The van der Waals surface area contributed by atoms with E-state index in [-0.39, 0.29) is 10.8 Å². The fraction of sp³-hybridized carbons (Fsp3) is 0.111. The molecule has 0 fully saturated rings. The van der Waals surface area contributed by atoms with Crippen LogP contribution in [0.4, 0.5) is 5.82 Å². The maximum absolute atomic E-state index is 12.9. The minimum absolute atomic E-state index is 0.0400. The number of rotatable bonds is 6. The van der Waals surface area contributed by atoms with Gasteiger partial charge >= 0.3 is 0 Å². The van der Waals surface area contributed by atoms with Gasteiger partial charge in [-0.1, -0.05) is 12.1 Å². The van der Waals surface area contributed by atoms with E-state index in [0.29, 0.717) is 46.5 Å². The second-order valence-corrected chi connectivity index (χ2v) is 10.4. The molecule has 0 spiro atoms. The number of hydrogen-bond acceptors (Lipinski definition) is 7. The fourth-order valence-corrected chi connectivity index (χ4v) is 5.03. The Labute approximate surface area is 213 Å². The van der Waals surface area contributed by atoms with Gasteiger partial charge in [-0.25, -0.2) is 18.5 Å². The number of sulfonamides is 1. The zero-order valence-electron chi connectivity index (χ0n) is 20.0. The van der Waals surface area contributed by atoms with E-state index in [1.54, 1.807) is 30.7 Å². The second kappa shape index (κ2) is 9.57. The Morgan fingerprint density at radius 2 is 1.70 bits per heavy atom. The number of carbonyl (C=O) groups is 1. The van der Waals surface area contributed by atoms with Crippen molar-refractivity contribution in [3.63, 3.8) is 0 Å². The van der Waals surface area contributed by atoms with Crippen LogP contribution in [0.3, 0.4) is 0 Å². The van der Waals surface area contributed by atoms with E-state index >= 15 is 0 Å². The quantitative estimate of drug-likeness (QED) is 0.315. The molecule has 3 aromatic heterocycles. The van der Waals surface area contributed by atoms with Crippen molar-refractivity contribution in [3.05, 3.63) is 101 Å². The van der Waals surface area contributed by atoms with Crippen LogP contribution in [0, 0.1) is 6.92 Å². The van der Waals surface area contributed by atoms with Gasteiger partial charge in [-0.3, -0.25) is 14.8 Å². The first-order valence-electron chi connectivity index (χ1n) is 11.5. The van der Waals surface area contributed by atoms with E-state index < -0.39 is 10.0 Å². The van der Waals surface area contributed by atoms with E-state index in [1.807, 2.05) is 43.3 Å². The average molecular weight is 513 g/mol. The number of benzene rings is 2. The molecule has 0 saturated carbocycles. The Hall–Kier alpha value is -4.41. The summed E-state index contributed by atoms with van der Waals surface area (Å²) < 4.78 is 24.4. The smallest absolute Gasteiger partial charge is 0.251 e. The molecule has 0 aliphatic carbocycles. The third-order valence-electron chi connectivity index (χ3n) is 6.03. The Balaban J connectivity index is 1.36. The molecular weight excluding hydrogens is 488 g/mol. The van der Waals surface area contributed by atoms with Crippen LogP contribution in [0.15, 0.2) is 78.1 Å². The Bertz CT molecular complexity index is 1790. The number of nitrogens with zero attached hydrogens (tertiary/aromatic N) is 3. The Morgan fingerprint density at radius 1 is 0.919 bits per heavy atom. The summed E-state index contributed by atoms with van der Waals surface area (Å²) in [5, 5.41) is 10.9. The number of nitrogens with one attached hydrogen (secondary N) is 1. The van der Waals surface area contributed by atoms with Crippen LogP contribution in [-0.4, -0.2) is 29.3 Å². The summed E-state index contributed by atoms with van der Waals surface area (Å²) in [5.74, 6) is 0.216. The number of fused-ring (bicyclic) bond motifs is 2. The molecule has 3 heterocycles. The predicted octanol–water partition coefficient (Wildman–Crippen LogP) is 3.24. The molecule has 0 radical (unpaired) electrons. The molecule has 0 unspecified atom stereocenters. The lowest BCUT2D eigenvalue weighted by molar-refractivity contribution is 0.0950. The first-order valence-corrected chi connectivity index (χ1v) is 13.0. The molecule has 10 heteroatoms. The topological polar surface area (TPSA) is 154 Å². The normalized spacial score (nSPS) is 11.6. The number of amides is 1. The van der Waals surface area contributed by atoms with Gasteiger partial charge < -0.3 is 11.1 Å². The van der Waals surface area contributed by atoms with Gasteiger partial charge in [-0.15, -0.1) is 0 Å². The predicted molar refractivity (Wildman–Crippen MR) is 142 cm³/mol. The minimum Gasteiger partial charge on any atom is -0.383 e. The van der Waals surface area contributed by atoms with Gasteiger partial charge in [0.1, 0.15) is 10.7 Å². The first-order chi connectivity index (χ1) is 17.7. The van der Waals surface area contributed by atoms with E-state index in [9.17, 15) is 13.2 Å². The molecule has 5 N–H and O–H groups in total. The van der Waals surface area contributed by atoms with Crippen LogP contribution in [0.25, 0.3) is 21.7 Å². The lowest BCUT2D eigenvalue weighted by Crippen LogP contribution is -2.23. The first kappa shape index (κ1) is 24.3. The molecule has 9 nitrogen and oxygen atoms in total. The summed E-state index contributed by atoms with van der Waals surface area (Å²) in [6.45, 7) is 2.22. The molecule has 0 atom stereocenters. The van der Waals surface area contributed by atoms with E-state index in [4.69, 9.17) is 10.9 Å². The van der Waals surface area contributed by atoms with Crippen molar-refractivity contribution in [1.29, 1.82) is 0 Å². The summed E-state index contributed by atoms with van der Waals surface area (Å²) >= 11 is 0. The highest BCUT2D eigenvalue weighted by molar-refractivity contribution is 7.89. The number of primary sulfonamides is 1. The highest BCUT2D eigenvalue weighted by atomic mass is 32.2. The molecule has 186 valence electrons. The molecule has 5 rings (SSSR count). The maximum atomic E-state index is 12.9. The fourth-order valence-electron chi connectivity index (χ4n) is 4.28. The largest absolute Gasteiger partial charge is 0.383 e. The van der Waals surface area contributed by atoms with Crippen molar-refractivity contribution in [1.82, 2.24) is 20.3 Å². The molecular formula is C27H24N6O3S. The highest BCUT2D eigenvalue weighted by Gasteiger charge is 2.16. The molecule has 1 amide bonds. The number of anilines is 1. The minimum atomic E-state index is -3.99. The van der Waals surface area contributed by atoms with Crippen LogP contribution in [0.5, 0.6) is 0 Å². The van der Waals surface area contributed by atoms with Gasteiger partial charge in [0.2, 0.25) is 10.0 Å². The van der Waals surface area contributed by atoms with Crippen LogP contribution in [0.1, 0.15) is 32.7 Å². The Morgan fingerprint density at radius 3 is 2.51 bits per heavy atom. The summed E-state index contributed by atoms with van der Waals surface area (Å²) in [6, 6.07) is 16.2. The number of hydrogen-bond donors (Lipinski definition) is 3. The third kappa shape index (κ3) is 5.25. The van der Waals surface area contributed by atoms with Gasteiger partial charge in [0.05, 0.1) is 5.52 Å². The summed E-state index contributed by atoms with van der Waals surface area (Å²) in [4.78, 5) is 25.5. The SMILES string of the molecule is Cc1cnc2c(S(N)(=O)=O)cc(Cc3cc(C(=O)NCc4ccc5c(N)nccc5c4)ccn3)cc2c1. The van der Waals surface area contributed by atoms with Crippen LogP contribution >= 0.6 is 0 Å². The highest BCUT2D eigenvalue weighted by Crippen LogP contribution is 2.25. The summed E-state index contributed by atoms with van der Waals surface area (Å²) in [5.41, 5.74) is 9.81. The molecule has 2 aromatic carbocycles. The number of pyridine rings is 3.